The highest BCUT2D eigenvalue weighted by molar-refractivity contribution is 5.82. The number of carbonyl (C=O) groups excluding carboxylic acids is 1. The lowest BCUT2D eigenvalue weighted by molar-refractivity contribution is -0.140. The van der Waals surface area contributed by atoms with Crippen LogP contribution >= 0.6 is 0 Å². The number of nitrogens with zero attached hydrogens (tertiary/aromatic N) is 1. The molecular weight excluding hydrogens is 202 g/mol. The Hall–Kier alpha value is -1.34. The predicted molar refractivity (Wildman–Crippen MR) is 53.6 cm³/mol. The number of aliphatic hydroxyl groups excluding tert-OH is 1. The molecule has 0 rings (SSSR count). The van der Waals surface area contributed by atoms with Crippen molar-refractivity contribution in [3.05, 3.63) is 0 Å². The van der Waals surface area contributed by atoms with E-state index in [-0.39, 0.29) is 0 Å². The number of aliphatic hydroxyl groups is 1. The van der Waals surface area contributed by atoms with Crippen LogP contribution in [0.15, 0.2) is 0 Å². The van der Waals surface area contributed by atoms with Gasteiger partial charge in [-0.25, -0.2) is 9.59 Å². The first-order valence-electron chi connectivity index (χ1n) is 4.50. The van der Waals surface area contributed by atoms with Gasteiger partial charge in [0, 0.05) is 13.1 Å². The summed E-state index contributed by atoms with van der Waals surface area (Å²) in [5.74, 6) is -1.26. The SMILES string of the molecule is CN(C)CCNC(=O)N[C@@H](CO)C(=O)O. The maximum absolute atomic E-state index is 11.1. The van der Waals surface area contributed by atoms with Crippen LogP contribution in [0.1, 0.15) is 0 Å². The largest absolute Gasteiger partial charge is 0.480 e. The molecule has 15 heavy (non-hydrogen) atoms. The number of rotatable bonds is 6. The maximum Gasteiger partial charge on any atom is 0.328 e. The van der Waals surface area contributed by atoms with Gasteiger partial charge in [-0.3, -0.25) is 0 Å². The molecule has 0 heterocycles. The summed E-state index contributed by atoms with van der Waals surface area (Å²) >= 11 is 0. The van der Waals surface area contributed by atoms with Crippen LogP contribution < -0.4 is 10.6 Å². The summed E-state index contributed by atoms with van der Waals surface area (Å²) in [5.41, 5.74) is 0. The van der Waals surface area contributed by atoms with Gasteiger partial charge in [-0.1, -0.05) is 0 Å². The van der Waals surface area contributed by atoms with Crippen molar-refractivity contribution in [1.82, 2.24) is 15.5 Å². The Labute approximate surface area is 88.1 Å². The number of carboxylic acids is 1. The van der Waals surface area contributed by atoms with E-state index in [1.165, 1.54) is 0 Å². The standard InChI is InChI=1S/C8H17N3O4/c1-11(2)4-3-9-8(15)10-6(5-12)7(13)14/h6,12H,3-5H2,1-2H3,(H,13,14)(H2,9,10,15)/t6-/m0/s1. The molecule has 2 amide bonds. The number of urea groups is 1. The minimum Gasteiger partial charge on any atom is -0.480 e. The average molecular weight is 219 g/mol. The Morgan fingerprint density at radius 3 is 2.40 bits per heavy atom. The molecule has 0 bridgehead atoms. The highest BCUT2D eigenvalue weighted by Crippen LogP contribution is 1.82. The smallest absolute Gasteiger partial charge is 0.328 e. The van der Waals surface area contributed by atoms with Gasteiger partial charge in [-0.2, -0.15) is 0 Å². The fourth-order valence-electron chi connectivity index (χ4n) is 0.788. The topological polar surface area (TPSA) is 102 Å². The molecule has 0 saturated heterocycles. The first-order valence-corrected chi connectivity index (χ1v) is 4.50. The third-order valence-corrected chi connectivity index (χ3v) is 1.63. The average Bonchev–Trinajstić information content (AvgIpc) is 2.13. The van der Waals surface area contributed by atoms with E-state index in [9.17, 15) is 9.59 Å². The lowest BCUT2D eigenvalue weighted by Gasteiger charge is -2.14. The number of hydrogen-bond acceptors (Lipinski definition) is 4. The van der Waals surface area contributed by atoms with Gasteiger partial charge in [-0.15, -0.1) is 0 Å². The van der Waals surface area contributed by atoms with Crippen molar-refractivity contribution in [1.29, 1.82) is 0 Å². The molecule has 1 atom stereocenters. The number of carbonyl (C=O) groups is 2. The van der Waals surface area contributed by atoms with E-state index in [0.717, 1.165) is 0 Å². The molecule has 0 aliphatic heterocycles. The van der Waals surface area contributed by atoms with E-state index >= 15 is 0 Å². The van der Waals surface area contributed by atoms with Crippen molar-refractivity contribution in [3.8, 4) is 0 Å². The van der Waals surface area contributed by atoms with Gasteiger partial charge >= 0.3 is 12.0 Å². The second kappa shape index (κ2) is 7.02. The van der Waals surface area contributed by atoms with Gasteiger partial charge in [0.15, 0.2) is 6.04 Å². The van der Waals surface area contributed by atoms with Crippen LogP contribution in [0.25, 0.3) is 0 Å². The van der Waals surface area contributed by atoms with Crippen molar-refractivity contribution >= 4 is 12.0 Å². The van der Waals surface area contributed by atoms with E-state index in [0.29, 0.717) is 13.1 Å². The molecule has 0 unspecified atom stereocenters. The van der Waals surface area contributed by atoms with E-state index in [2.05, 4.69) is 10.6 Å². The molecule has 88 valence electrons. The van der Waals surface area contributed by atoms with Crippen LogP contribution in [-0.4, -0.2) is 66.9 Å². The fourth-order valence-corrected chi connectivity index (χ4v) is 0.788. The van der Waals surface area contributed by atoms with Crippen LogP contribution in [0, 0.1) is 0 Å². The maximum atomic E-state index is 11.1. The van der Waals surface area contributed by atoms with E-state index in [4.69, 9.17) is 10.2 Å². The number of carboxylic acid groups (broad SMARTS) is 1. The number of amides is 2. The predicted octanol–water partition coefficient (Wildman–Crippen LogP) is -1.71. The molecule has 7 heteroatoms. The Morgan fingerprint density at radius 1 is 1.40 bits per heavy atom. The van der Waals surface area contributed by atoms with Gasteiger partial charge < -0.3 is 25.7 Å². The van der Waals surface area contributed by atoms with Crippen LogP contribution in [0.3, 0.4) is 0 Å². The molecule has 0 saturated carbocycles. The van der Waals surface area contributed by atoms with Gasteiger partial charge in [0.2, 0.25) is 0 Å². The molecule has 0 aromatic carbocycles. The van der Waals surface area contributed by atoms with Gasteiger partial charge in [-0.05, 0) is 14.1 Å². The molecule has 0 spiro atoms. The van der Waals surface area contributed by atoms with E-state index in [1.807, 2.05) is 19.0 Å². The first kappa shape index (κ1) is 13.7. The number of likely N-dealkylation sites (N-methyl/N-ethyl adjacent to an activating group) is 1. The Morgan fingerprint density at radius 2 is 2.00 bits per heavy atom. The molecule has 0 aliphatic carbocycles. The Balaban J connectivity index is 3.77. The number of hydrogen-bond donors (Lipinski definition) is 4. The minimum atomic E-state index is -1.26. The number of nitrogens with one attached hydrogen (secondary N) is 2. The summed E-state index contributed by atoms with van der Waals surface area (Å²) in [7, 11) is 3.71. The molecule has 0 aliphatic rings. The van der Waals surface area contributed by atoms with E-state index in [1.54, 1.807) is 0 Å². The highest BCUT2D eigenvalue weighted by atomic mass is 16.4. The highest BCUT2D eigenvalue weighted by Gasteiger charge is 2.17. The monoisotopic (exact) mass is 219 g/mol. The van der Waals surface area contributed by atoms with E-state index < -0.39 is 24.6 Å². The van der Waals surface area contributed by atoms with Crippen molar-refractivity contribution in [2.45, 2.75) is 6.04 Å². The molecule has 0 aromatic rings. The number of aliphatic carboxylic acids is 1. The van der Waals surface area contributed by atoms with Gasteiger partial charge in [0.05, 0.1) is 6.61 Å². The summed E-state index contributed by atoms with van der Waals surface area (Å²) in [4.78, 5) is 23.4. The zero-order chi connectivity index (χ0) is 11.8. The summed E-state index contributed by atoms with van der Waals surface area (Å²) in [5, 5.41) is 21.7. The van der Waals surface area contributed by atoms with Crippen molar-refractivity contribution < 1.29 is 19.8 Å². The van der Waals surface area contributed by atoms with Gasteiger partial charge in [0.1, 0.15) is 0 Å². The second-order valence-electron chi connectivity index (χ2n) is 3.28. The fraction of sp³-hybridized carbons (Fsp3) is 0.750. The Bertz CT molecular complexity index is 220. The molecule has 0 radical (unpaired) electrons. The van der Waals surface area contributed by atoms with Gasteiger partial charge in [0.25, 0.3) is 0 Å². The second-order valence-corrected chi connectivity index (χ2v) is 3.28. The lowest BCUT2D eigenvalue weighted by atomic mass is 10.3. The third kappa shape index (κ3) is 6.69. The zero-order valence-electron chi connectivity index (χ0n) is 8.86. The quantitative estimate of drug-likeness (QED) is 0.426. The summed E-state index contributed by atoms with van der Waals surface area (Å²) in [6, 6.07) is -1.86. The first-order chi connectivity index (χ1) is 6.97. The molecule has 0 fully saturated rings. The third-order valence-electron chi connectivity index (χ3n) is 1.63. The van der Waals surface area contributed by atoms with Crippen LogP contribution in [0.2, 0.25) is 0 Å². The van der Waals surface area contributed by atoms with Crippen molar-refractivity contribution in [3.63, 3.8) is 0 Å². The Kier molecular flexibility index (Phi) is 6.39. The normalized spacial score (nSPS) is 12.3. The molecule has 7 nitrogen and oxygen atoms in total. The van der Waals surface area contributed by atoms with Crippen molar-refractivity contribution in [2.75, 3.05) is 33.8 Å². The minimum absolute atomic E-state index is 0.413. The van der Waals surface area contributed by atoms with Crippen LogP contribution in [0.5, 0.6) is 0 Å². The summed E-state index contributed by atoms with van der Waals surface area (Å²) in [6.45, 7) is 0.442. The zero-order valence-corrected chi connectivity index (χ0v) is 8.86. The molecule has 4 N–H and O–H groups in total. The van der Waals surface area contributed by atoms with Crippen LogP contribution in [0.4, 0.5) is 4.79 Å². The lowest BCUT2D eigenvalue weighted by Crippen LogP contribution is -2.48. The molecule has 0 aromatic heterocycles. The summed E-state index contributed by atoms with van der Waals surface area (Å²) < 4.78 is 0. The van der Waals surface area contributed by atoms with Crippen LogP contribution in [-0.2, 0) is 4.79 Å². The van der Waals surface area contributed by atoms with Crippen molar-refractivity contribution in [2.24, 2.45) is 0 Å². The molecular formula is C8H17N3O4. The summed E-state index contributed by atoms with van der Waals surface area (Å²) in [6.07, 6.45) is 0.